The summed E-state index contributed by atoms with van der Waals surface area (Å²) >= 11 is 1.41. The molecule has 1 aromatic rings. The number of thioether (sulfide) groups is 1. The molecule has 2 rings (SSSR count). The summed E-state index contributed by atoms with van der Waals surface area (Å²) in [4.78, 5) is 25.0. The topological polar surface area (TPSA) is 75.5 Å². The Morgan fingerprint density at radius 3 is 2.71 bits per heavy atom. The number of nitrogens with zero attached hydrogens (tertiary/aromatic N) is 2. The van der Waals surface area contributed by atoms with Crippen molar-refractivity contribution in [2.45, 2.75) is 17.9 Å². The number of nitrogens with one attached hydrogen (secondary N) is 1. The van der Waals surface area contributed by atoms with Gasteiger partial charge in [-0.15, -0.1) is 24.2 Å². The SMILES string of the molecule is CC1CNCCN1C(=O)CSc1ccc([N+](=O)[O-])cc1.Cl. The summed E-state index contributed by atoms with van der Waals surface area (Å²) in [6.45, 7) is 4.42. The van der Waals surface area contributed by atoms with Crippen molar-refractivity contribution in [3.63, 3.8) is 0 Å². The fourth-order valence-electron chi connectivity index (χ4n) is 2.10. The molecule has 6 nitrogen and oxygen atoms in total. The van der Waals surface area contributed by atoms with E-state index in [9.17, 15) is 14.9 Å². The minimum atomic E-state index is -0.429. The van der Waals surface area contributed by atoms with Crippen molar-refractivity contribution >= 4 is 35.8 Å². The molecule has 1 saturated heterocycles. The molecule has 1 heterocycles. The van der Waals surface area contributed by atoms with Crippen LogP contribution in [0.25, 0.3) is 0 Å². The van der Waals surface area contributed by atoms with Crippen LogP contribution in [0.4, 0.5) is 5.69 Å². The highest BCUT2D eigenvalue weighted by Gasteiger charge is 2.22. The Labute approximate surface area is 133 Å². The van der Waals surface area contributed by atoms with E-state index < -0.39 is 4.92 Å². The highest BCUT2D eigenvalue weighted by Crippen LogP contribution is 2.22. The Bertz CT molecular complexity index is 498. The van der Waals surface area contributed by atoms with Crippen molar-refractivity contribution in [3.05, 3.63) is 34.4 Å². The van der Waals surface area contributed by atoms with E-state index in [1.165, 1.54) is 23.9 Å². The van der Waals surface area contributed by atoms with E-state index in [1.807, 2.05) is 11.8 Å². The van der Waals surface area contributed by atoms with E-state index in [4.69, 9.17) is 0 Å². The maximum absolute atomic E-state index is 12.1. The summed E-state index contributed by atoms with van der Waals surface area (Å²) < 4.78 is 0. The molecule has 0 bridgehead atoms. The lowest BCUT2D eigenvalue weighted by atomic mass is 10.2. The predicted octanol–water partition coefficient (Wildman–Crippen LogP) is 1.93. The second-order valence-corrected chi connectivity index (χ2v) is 5.73. The Balaban J connectivity index is 0.00000220. The molecule has 1 fully saturated rings. The molecule has 0 radical (unpaired) electrons. The third-order valence-corrected chi connectivity index (χ3v) is 4.23. The molecule has 1 aromatic carbocycles. The van der Waals surface area contributed by atoms with Gasteiger partial charge in [-0.1, -0.05) is 0 Å². The van der Waals surface area contributed by atoms with Crippen molar-refractivity contribution < 1.29 is 9.72 Å². The Hall–Kier alpha value is -1.31. The lowest BCUT2D eigenvalue weighted by Crippen LogP contribution is -2.52. The molecule has 1 aliphatic rings. The first-order chi connectivity index (χ1) is 9.58. The number of amides is 1. The summed E-state index contributed by atoms with van der Waals surface area (Å²) in [5.74, 6) is 0.477. The number of non-ortho nitro benzene ring substituents is 1. The van der Waals surface area contributed by atoms with E-state index in [-0.39, 0.29) is 30.0 Å². The van der Waals surface area contributed by atoms with Crippen LogP contribution in [0.5, 0.6) is 0 Å². The molecule has 21 heavy (non-hydrogen) atoms. The normalized spacial score (nSPS) is 18.0. The first-order valence-corrected chi connectivity index (χ1v) is 7.44. The maximum Gasteiger partial charge on any atom is 0.269 e. The summed E-state index contributed by atoms with van der Waals surface area (Å²) in [7, 11) is 0. The quantitative estimate of drug-likeness (QED) is 0.518. The van der Waals surface area contributed by atoms with Gasteiger partial charge in [0.1, 0.15) is 0 Å². The van der Waals surface area contributed by atoms with Gasteiger partial charge >= 0.3 is 0 Å². The fraction of sp³-hybridized carbons (Fsp3) is 0.462. The molecule has 1 amide bonds. The molecule has 1 N–H and O–H groups in total. The molecule has 0 spiro atoms. The lowest BCUT2D eigenvalue weighted by molar-refractivity contribution is -0.384. The Morgan fingerprint density at radius 1 is 1.48 bits per heavy atom. The van der Waals surface area contributed by atoms with Crippen LogP contribution in [0.2, 0.25) is 0 Å². The molecule has 116 valence electrons. The van der Waals surface area contributed by atoms with Gasteiger partial charge < -0.3 is 10.2 Å². The van der Waals surface area contributed by atoms with E-state index in [0.29, 0.717) is 5.75 Å². The van der Waals surface area contributed by atoms with Gasteiger partial charge in [-0.3, -0.25) is 14.9 Å². The third kappa shape index (κ3) is 4.87. The van der Waals surface area contributed by atoms with Crippen LogP contribution in [0.3, 0.4) is 0 Å². The van der Waals surface area contributed by atoms with Crippen molar-refractivity contribution in [2.75, 3.05) is 25.4 Å². The van der Waals surface area contributed by atoms with Gasteiger partial charge in [-0.25, -0.2) is 0 Å². The number of hydrogen-bond acceptors (Lipinski definition) is 5. The summed E-state index contributed by atoms with van der Waals surface area (Å²) in [5, 5.41) is 13.8. The van der Waals surface area contributed by atoms with Crippen molar-refractivity contribution in [2.24, 2.45) is 0 Å². The zero-order valence-electron chi connectivity index (χ0n) is 11.7. The molecule has 1 unspecified atom stereocenters. The molecular weight excluding hydrogens is 314 g/mol. The fourth-order valence-corrected chi connectivity index (χ4v) is 2.89. The number of benzene rings is 1. The second kappa shape index (κ2) is 8.21. The summed E-state index contributed by atoms with van der Waals surface area (Å²) in [6, 6.07) is 6.49. The first kappa shape index (κ1) is 17.7. The minimum Gasteiger partial charge on any atom is -0.337 e. The Kier molecular flexibility index (Phi) is 6.94. The summed E-state index contributed by atoms with van der Waals surface area (Å²) in [5.41, 5.74) is 0.0661. The monoisotopic (exact) mass is 331 g/mol. The molecule has 1 atom stereocenters. The molecule has 0 aromatic heterocycles. The molecule has 1 aliphatic heterocycles. The number of carbonyl (C=O) groups is 1. The van der Waals surface area contributed by atoms with Gasteiger partial charge in [0.05, 0.1) is 10.7 Å². The van der Waals surface area contributed by atoms with Crippen molar-refractivity contribution in [1.29, 1.82) is 0 Å². The van der Waals surface area contributed by atoms with Gasteiger partial charge in [0.15, 0.2) is 0 Å². The van der Waals surface area contributed by atoms with Crippen molar-refractivity contribution in [1.82, 2.24) is 10.2 Å². The highest BCUT2D eigenvalue weighted by atomic mass is 35.5. The van der Waals surface area contributed by atoms with Crippen LogP contribution in [0.15, 0.2) is 29.2 Å². The van der Waals surface area contributed by atoms with E-state index in [0.717, 1.165) is 24.5 Å². The number of nitro benzene ring substituents is 1. The number of piperazine rings is 1. The summed E-state index contributed by atoms with van der Waals surface area (Å²) in [6.07, 6.45) is 0. The largest absolute Gasteiger partial charge is 0.337 e. The van der Waals surface area contributed by atoms with Gasteiger partial charge in [-0.2, -0.15) is 0 Å². The van der Waals surface area contributed by atoms with Gasteiger partial charge in [-0.05, 0) is 19.1 Å². The maximum atomic E-state index is 12.1. The van der Waals surface area contributed by atoms with Gasteiger partial charge in [0.2, 0.25) is 5.91 Å². The zero-order valence-corrected chi connectivity index (χ0v) is 13.3. The van der Waals surface area contributed by atoms with E-state index >= 15 is 0 Å². The highest BCUT2D eigenvalue weighted by molar-refractivity contribution is 8.00. The lowest BCUT2D eigenvalue weighted by Gasteiger charge is -2.33. The molecule has 0 aliphatic carbocycles. The van der Waals surface area contributed by atoms with Crippen molar-refractivity contribution in [3.8, 4) is 0 Å². The van der Waals surface area contributed by atoms with Crippen LogP contribution < -0.4 is 5.32 Å². The van der Waals surface area contributed by atoms with Crippen LogP contribution >= 0.6 is 24.2 Å². The number of rotatable bonds is 4. The number of carbonyl (C=O) groups excluding carboxylic acids is 1. The number of halogens is 1. The minimum absolute atomic E-state index is 0. The predicted molar refractivity (Wildman–Crippen MR) is 85.1 cm³/mol. The van der Waals surface area contributed by atoms with Crippen LogP contribution in [-0.4, -0.2) is 47.2 Å². The van der Waals surface area contributed by atoms with E-state index in [1.54, 1.807) is 12.1 Å². The average Bonchev–Trinajstić information content (AvgIpc) is 2.45. The second-order valence-electron chi connectivity index (χ2n) is 4.68. The average molecular weight is 332 g/mol. The number of nitro groups is 1. The Morgan fingerprint density at radius 2 is 2.14 bits per heavy atom. The third-order valence-electron chi connectivity index (χ3n) is 3.23. The van der Waals surface area contributed by atoms with Crippen LogP contribution in [0, 0.1) is 10.1 Å². The number of hydrogen-bond donors (Lipinski definition) is 1. The zero-order chi connectivity index (χ0) is 14.5. The first-order valence-electron chi connectivity index (χ1n) is 6.45. The molecular formula is C13H18ClN3O3S. The van der Waals surface area contributed by atoms with E-state index in [2.05, 4.69) is 5.32 Å². The molecule has 8 heteroatoms. The smallest absolute Gasteiger partial charge is 0.269 e. The standard InChI is InChI=1S/C13H17N3O3S.ClH/c1-10-8-14-6-7-15(10)13(17)9-20-12-4-2-11(3-5-12)16(18)19;/h2-5,10,14H,6-9H2,1H3;1H. The molecule has 0 saturated carbocycles. The van der Waals surface area contributed by atoms with Gasteiger partial charge in [0, 0.05) is 42.7 Å². The van der Waals surface area contributed by atoms with Crippen LogP contribution in [-0.2, 0) is 4.79 Å². The van der Waals surface area contributed by atoms with Crippen LogP contribution in [0.1, 0.15) is 6.92 Å². The van der Waals surface area contributed by atoms with Gasteiger partial charge in [0.25, 0.3) is 5.69 Å².